The lowest BCUT2D eigenvalue weighted by molar-refractivity contribution is -0.145. The summed E-state index contributed by atoms with van der Waals surface area (Å²) < 4.78 is 5.48. The molecule has 0 unspecified atom stereocenters. The zero-order valence-corrected chi connectivity index (χ0v) is 12.2. The Bertz CT molecular complexity index is 711. The summed E-state index contributed by atoms with van der Waals surface area (Å²) in [6.45, 7) is 1.85. The van der Waals surface area contributed by atoms with Gasteiger partial charge in [0.25, 0.3) is 0 Å². The van der Waals surface area contributed by atoms with Crippen LogP contribution in [0.15, 0.2) is 66.7 Å². The molecular formula is C18H17NO3. The summed E-state index contributed by atoms with van der Waals surface area (Å²) >= 11 is 0. The van der Waals surface area contributed by atoms with Crippen molar-refractivity contribution in [3.05, 3.63) is 72.3 Å². The molecule has 4 nitrogen and oxygen atoms in total. The number of benzene rings is 2. The van der Waals surface area contributed by atoms with Crippen molar-refractivity contribution in [2.45, 2.75) is 18.6 Å². The number of para-hydroxylation sites is 2. The van der Waals surface area contributed by atoms with Gasteiger partial charge in [-0.05, 0) is 30.7 Å². The molecule has 22 heavy (non-hydrogen) atoms. The van der Waals surface area contributed by atoms with Crippen LogP contribution in [0.4, 0.5) is 5.69 Å². The molecular weight excluding hydrogens is 278 g/mol. The predicted molar refractivity (Wildman–Crippen MR) is 84.5 cm³/mol. The van der Waals surface area contributed by atoms with Gasteiger partial charge in [0, 0.05) is 6.08 Å². The third-order valence-corrected chi connectivity index (χ3v) is 3.78. The molecule has 0 spiro atoms. The smallest absolute Gasteiger partial charge is 0.331 e. The van der Waals surface area contributed by atoms with Crippen LogP contribution in [0.3, 0.4) is 0 Å². The van der Waals surface area contributed by atoms with Crippen molar-refractivity contribution in [2.75, 3.05) is 5.32 Å². The van der Waals surface area contributed by atoms with Crippen molar-refractivity contribution in [3.8, 4) is 5.75 Å². The molecule has 1 aliphatic rings. The van der Waals surface area contributed by atoms with E-state index in [0.29, 0.717) is 5.69 Å². The van der Waals surface area contributed by atoms with E-state index in [2.05, 4.69) is 5.32 Å². The molecule has 2 N–H and O–H groups in total. The summed E-state index contributed by atoms with van der Waals surface area (Å²) in [7, 11) is 0. The number of aromatic hydroxyl groups is 1. The summed E-state index contributed by atoms with van der Waals surface area (Å²) in [6.07, 6.45) is 3.18. The lowest BCUT2D eigenvalue weighted by Crippen LogP contribution is -2.37. The van der Waals surface area contributed by atoms with Crippen LogP contribution in [0.5, 0.6) is 5.75 Å². The van der Waals surface area contributed by atoms with Crippen LogP contribution in [-0.4, -0.2) is 16.7 Å². The number of carbonyl (C=O) groups is 1. The van der Waals surface area contributed by atoms with Crippen LogP contribution in [0, 0.1) is 0 Å². The molecule has 0 aromatic heterocycles. The lowest BCUT2D eigenvalue weighted by atomic mass is 9.90. The first-order valence-electron chi connectivity index (χ1n) is 7.10. The van der Waals surface area contributed by atoms with Gasteiger partial charge in [-0.2, -0.15) is 0 Å². The van der Waals surface area contributed by atoms with Gasteiger partial charge in [-0.15, -0.1) is 0 Å². The largest absolute Gasteiger partial charge is 0.506 e. The molecule has 2 aromatic rings. The van der Waals surface area contributed by atoms with Gasteiger partial charge in [0.05, 0.1) is 11.7 Å². The maximum absolute atomic E-state index is 11.5. The number of phenols is 1. The van der Waals surface area contributed by atoms with Crippen LogP contribution in [0.1, 0.15) is 18.5 Å². The second kappa shape index (κ2) is 5.56. The van der Waals surface area contributed by atoms with Crippen molar-refractivity contribution in [3.63, 3.8) is 0 Å². The number of carbonyl (C=O) groups excluding carboxylic acids is 1. The number of hydrogen-bond acceptors (Lipinski definition) is 4. The number of ether oxygens (including phenoxy) is 1. The van der Waals surface area contributed by atoms with Crippen LogP contribution >= 0.6 is 0 Å². The highest BCUT2D eigenvalue weighted by Crippen LogP contribution is 2.38. The van der Waals surface area contributed by atoms with Gasteiger partial charge in [0.15, 0.2) is 5.60 Å². The van der Waals surface area contributed by atoms with E-state index in [1.54, 1.807) is 24.3 Å². The zero-order valence-electron chi connectivity index (χ0n) is 12.2. The number of rotatable bonds is 4. The molecule has 0 bridgehead atoms. The maximum Gasteiger partial charge on any atom is 0.331 e. The van der Waals surface area contributed by atoms with E-state index in [1.165, 1.54) is 6.08 Å². The van der Waals surface area contributed by atoms with E-state index in [1.807, 2.05) is 43.3 Å². The maximum atomic E-state index is 11.5. The van der Waals surface area contributed by atoms with Gasteiger partial charge < -0.3 is 15.2 Å². The fourth-order valence-corrected chi connectivity index (χ4v) is 2.63. The highest BCUT2D eigenvalue weighted by atomic mass is 16.6. The fourth-order valence-electron chi connectivity index (χ4n) is 2.63. The van der Waals surface area contributed by atoms with E-state index in [4.69, 9.17) is 4.74 Å². The third-order valence-electron chi connectivity index (χ3n) is 3.78. The molecule has 0 amide bonds. The highest BCUT2D eigenvalue weighted by Gasteiger charge is 2.40. The molecule has 0 saturated carbocycles. The molecule has 1 aliphatic heterocycles. The molecule has 2 aromatic carbocycles. The Labute approximate surface area is 129 Å². The van der Waals surface area contributed by atoms with Crippen molar-refractivity contribution in [1.29, 1.82) is 0 Å². The number of cyclic esters (lactones) is 1. The normalized spacial score (nSPS) is 21.4. The topological polar surface area (TPSA) is 58.6 Å². The molecule has 0 aliphatic carbocycles. The minimum absolute atomic E-state index is 0.153. The van der Waals surface area contributed by atoms with Crippen LogP contribution in [0.2, 0.25) is 0 Å². The Morgan fingerprint density at radius 3 is 2.41 bits per heavy atom. The first kappa shape index (κ1) is 14.2. The van der Waals surface area contributed by atoms with E-state index >= 15 is 0 Å². The second-order valence-electron chi connectivity index (χ2n) is 5.44. The van der Waals surface area contributed by atoms with Gasteiger partial charge in [0.1, 0.15) is 5.75 Å². The summed E-state index contributed by atoms with van der Waals surface area (Å²) in [6, 6.07) is 16.4. The fraction of sp³-hybridized carbons (Fsp3) is 0.167. The van der Waals surface area contributed by atoms with E-state index in [-0.39, 0.29) is 17.8 Å². The number of phenolic OH excluding ortho intramolecular Hbond substituents is 1. The molecule has 3 rings (SSSR count). The quantitative estimate of drug-likeness (QED) is 0.670. The van der Waals surface area contributed by atoms with Crippen molar-refractivity contribution < 1.29 is 14.6 Å². The first-order valence-corrected chi connectivity index (χ1v) is 7.10. The lowest BCUT2D eigenvalue weighted by Gasteiger charge is -2.33. The van der Waals surface area contributed by atoms with Gasteiger partial charge >= 0.3 is 5.97 Å². The molecule has 2 atom stereocenters. The molecule has 0 fully saturated rings. The Morgan fingerprint density at radius 1 is 1.09 bits per heavy atom. The third kappa shape index (κ3) is 2.68. The second-order valence-corrected chi connectivity index (χ2v) is 5.44. The average molecular weight is 295 g/mol. The van der Waals surface area contributed by atoms with E-state index < -0.39 is 5.60 Å². The summed E-state index contributed by atoms with van der Waals surface area (Å²) in [4.78, 5) is 11.5. The minimum atomic E-state index is -0.819. The Kier molecular flexibility index (Phi) is 3.59. The van der Waals surface area contributed by atoms with Crippen molar-refractivity contribution in [2.24, 2.45) is 0 Å². The molecule has 1 heterocycles. The Morgan fingerprint density at radius 2 is 1.77 bits per heavy atom. The predicted octanol–water partition coefficient (Wildman–Crippen LogP) is 3.42. The summed E-state index contributed by atoms with van der Waals surface area (Å²) in [5.41, 5.74) is 0.738. The first-order chi connectivity index (χ1) is 10.6. The number of esters is 1. The van der Waals surface area contributed by atoms with Gasteiger partial charge in [-0.25, -0.2) is 4.79 Å². The van der Waals surface area contributed by atoms with Crippen molar-refractivity contribution in [1.82, 2.24) is 0 Å². The monoisotopic (exact) mass is 295 g/mol. The van der Waals surface area contributed by atoms with Crippen LogP contribution in [-0.2, 0) is 9.53 Å². The molecule has 4 heteroatoms. The van der Waals surface area contributed by atoms with Crippen molar-refractivity contribution >= 4 is 11.7 Å². The zero-order chi connectivity index (χ0) is 15.6. The minimum Gasteiger partial charge on any atom is -0.506 e. The average Bonchev–Trinajstić information content (AvgIpc) is 2.87. The molecule has 112 valence electrons. The number of anilines is 1. The Hall–Kier alpha value is -2.75. The highest BCUT2D eigenvalue weighted by molar-refractivity contribution is 5.85. The number of nitrogens with one attached hydrogen (secondary N) is 1. The van der Waals surface area contributed by atoms with Crippen LogP contribution < -0.4 is 5.32 Å². The molecule has 0 saturated heterocycles. The van der Waals surface area contributed by atoms with E-state index in [9.17, 15) is 9.90 Å². The standard InChI is InChI=1S/C18H17NO3/c1-18(12-11-16(21)22-18)17(13-7-3-2-4-8-13)19-14-9-5-6-10-15(14)20/h2-12,17,19-20H,1H3/t17-,18+/m0/s1. The van der Waals surface area contributed by atoms with Gasteiger partial charge in [-0.1, -0.05) is 42.5 Å². The number of hydrogen-bond donors (Lipinski definition) is 2. The van der Waals surface area contributed by atoms with E-state index in [0.717, 1.165) is 5.56 Å². The summed E-state index contributed by atoms with van der Waals surface area (Å²) in [5, 5.41) is 13.3. The summed E-state index contributed by atoms with van der Waals surface area (Å²) in [5.74, 6) is -0.206. The molecule has 0 radical (unpaired) electrons. The van der Waals surface area contributed by atoms with Gasteiger partial charge in [-0.3, -0.25) is 0 Å². The SMILES string of the molecule is C[C@]1([C@@H](Nc2ccccc2O)c2ccccc2)C=CC(=O)O1. The van der Waals surface area contributed by atoms with Gasteiger partial charge in [0.2, 0.25) is 0 Å². The van der Waals surface area contributed by atoms with Crippen LogP contribution in [0.25, 0.3) is 0 Å². The Balaban J connectivity index is 1.99.